The van der Waals surface area contributed by atoms with E-state index in [1.165, 1.54) is 0 Å². The number of nitrogens with zero attached hydrogens (tertiary/aromatic N) is 2. The van der Waals surface area contributed by atoms with E-state index in [1.807, 2.05) is 6.07 Å². The molecule has 0 amide bonds. The summed E-state index contributed by atoms with van der Waals surface area (Å²) in [4.78, 5) is 4.06. The Labute approximate surface area is 75.6 Å². The van der Waals surface area contributed by atoms with Crippen LogP contribution in [0.1, 0.15) is 18.3 Å². The lowest BCUT2D eigenvalue weighted by Gasteiger charge is -1.82. The van der Waals surface area contributed by atoms with E-state index in [-0.39, 0.29) is 0 Å². The van der Waals surface area contributed by atoms with Crippen LogP contribution in [0.2, 0.25) is 0 Å². The zero-order chi connectivity index (χ0) is 9.26. The largest absolute Gasteiger partial charge is 0.459 e. The second kappa shape index (κ2) is 3.05. The molecule has 0 aliphatic rings. The Morgan fingerprint density at radius 3 is 2.85 bits per heavy atom. The van der Waals surface area contributed by atoms with E-state index < -0.39 is 0 Å². The summed E-state index contributed by atoms with van der Waals surface area (Å²) in [6.45, 7) is 3.84. The molecule has 0 saturated heterocycles. The smallest absolute Gasteiger partial charge is 0.293 e. The van der Waals surface area contributed by atoms with Gasteiger partial charge in [-0.25, -0.2) is 0 Å². The van der Waals surface area contributed by atoms with Gasteiger partial charge in [-0.3, -0.25) is 0 Å². The van der Waals surface area contributed by atoms with Crippen LogP contribution in [0.5, 0.6) is 0 Å². The Hall–Kier alpha value is -1.58. The van der Waals surface area contributed by atoms with E-state index in [0.717, 1.165) is 12.0 Å². The number of rotatable bonds is 2. The molecule has 68 valence electrons. The van der Waals surface area contributed by atoms with Crippen LogP contribution in [0.25, 0.3) is 11.7 Å². The van der Waals surface area contributed by atoms with Crippen LogP contribution < -0.4 is 0 Å². The summed E-state index contributed by atoms with van der Waals surface area (Å²) in [6.07, 6.45) is 2.64. The first-order valence-electron chi connectivity index (χ1n) is 4.17. The molecule has 2 aromatic rings. The first-order valence-corrected chi connectivity index (χ1v) is 4.17. The molecule has 0 N–H and O–H groups in total. The third-order valence-electron chi connectivity index (χ3n) is 1.80. The van der Waals surface area contributed by atoms with Gasteiger partial charge < -0.3 is 8.94 Å². The molecule has 0 saturated carbocycles. The first kappa shape index (κ1) is 8.04. The van der Waals surface area contributed by atoms with Gasteiger partial charge >= 0.3 is 0 Å². The van der Waals surface area contributed by atoms with Gasteiger partial charge in [0, 0.05) is 0 Å². The fraction of sp³-hybridized carbons (Fsp3) is 0.333. The van der Waals surface area contributed by atoms with Crippen molar-refractivity contribution in [2.24, 2.45) is 0 Å². The fourth-order valence-corrected chi connectivity index (χ4v) is 1.07. The van der Waals surface area contributed by atoms with Gasteiger partial charge in [-0.2, -0.15) is 4.98 Å². The van der Waals surface area contributed by atoms with Crippen LogP contribution in [0.4, 0.5) is 0 Å². The first-order chi connectivity index (χ1) is 6.29. The zero-order valence-electron chi connectivity index (χ0n) is 7.57. The molecule has 0 radical (unpaired) electrons. The van der Waals surface area contributed by atoms with Gasteiger partial charge in [0.25, 0.3) is 5.89 Å². The molecule has 13 heavy (non-hydrogen) atoms. The topological polar surface area (TPSA) is 52.1 Å². The van der Waals surface area contributed by atoms with Crippen molar-refractivity contribution >= 4 is 0 Å². The highest BCUT2D eigenvalue weighted by atomic mass is 16.5. The minimum atomic E-state index is 0.442. The molecule has 2 rings (SSSR count). The number of hydrogen-bond donors (Lipinski definition) is 0. The van der Waals surface area contributed by atoms with E-state index in [2.05, 4.69) is 17.1 Å². The van der Waals surface area contributed by atoms with Gasteiger partial charge in [0.2, 0.25) is 0 Å². The van der Waals surface area contributed by atoms with Crippen molar-refractivity contribution in [2.45, 2.75) is 20.3 Å². The molecule has 0 unspecified atom stereocenters. The SMILES string of the molecule is CCc1coc(-c2nc(C)no2)c1. The molecule has 0 aromatic carbocycles. The third-order valence-corrected chi connectivity index (χ3v) is 1.80. The highest BCUT2D eigenvalue weighted by molar-refractivity contribution is 5.45. The summed E-state index contributed by atoms with van der Waals surface area (Å²) < 4.78 is 10.2. The van der Waals surface area contributed by atoms with Crippen molar-refractivity contribution in [1.29, 1.82) is 0 Å². The average molecular weight is 178 g/mol. The van der Waals surface area contributed by atoms with Crippen LogP contribution >= 0.6 is 0 Å². The van der Waals surface area contributed by atoms with E-state index >= 15 is 0 Å². The number of aryl methyl sites for hydroxylation is 2. The Bertz CT molecular complexity index is 403. The molecule has 0 aliphatic heterocycles. The summed E-state index contributed by atoms with van der Waals surface area (Å²) in [6, 6.07) is 1.91. The molecule has 2 aromatic heterocycles. The standard InChI is InChI=1S/C9H10N2O2/c1-3-7-4-8(12-5-7)9-10-6(2)11-13-9/h4-5H,3H2,1-2H3. The summed E-state index contributed by atoms with van der Waals surface area (Å²) in [5.41, 5.74) is 1.13. The summed E-state index contributed by atoms with van der Waals surface area (Å²) in [7, 11) is 0. The molecule has 0 atom stereocenters. The molecule has 4 nitrogen and oxygen atoms in total. The lowest BCUT2D eigenvalue weighted by atomic mass is 10.2. The summed E-state index contributed by atoms with van der Waals surface area (Å²) in [5.74, 6) is 1.69. The normalized spacial score (nSPS) is 10.6. The number of aromatic nitrogens is 2. The highest BCUT2D eigenvalue weighted by Crippen LogP contribution is 2.20. The van der Waals surface area contributed by atoms with Crippen LogP contribution in [0, 0.1) is 6.92 Å². The molecule has 0 aliphatic carbocycles. The van der Waals surface area contributed by atoms with Gasteiger partial charge in [-0.15, -0.1) is 0 Å². The average Bonchev–Trinajstić information content (AvgIpc) is 2.71. The summed E-state index contributed by atoms with van der Waals surface area (Å²) in [5, 5.41) is 3.68. The van der Waals surface area contributed by atoms with Crippen molar-refractivity contribution in [3.8, 4) is 11.7 Å². The monoisotopic (exact) mass is 178 g/mol. The van der Waals surface area contributed by atoms with Gasteiger partial charge in [-0.05, 0) is 25.0 Å². The van der Waals surface area contributed by atoms with Crippen molar-refractivity contribution in [2.75, 3.05) is 0 Å². The number of hydrogen-bond acceptors (Lipinski definition) is 4. The fourth-order valence-electron chi connectivity index (χ4n) is 1.07. The van der Waals surface area contributed by atoms with Crippen LogP contribution in [0.15, 0.2) is 21.3 Å². The third kappa shape index (κ3) is 1.47. The van der Waals surface area contributed by atoms with Crippen molar-refractivity contribution in [1.82, 2.24) is 10.1 Å². The van der Waals surface area contributed by atoms with Crippen LogP contribution in [-0.4, -0.2) is 10.1 Å². The van der Waals surface area contributed by atoms with Crippen molar-refractivity contribution in [3.05, 3.63) is 23.7 Å². The zero-order valence-corrected chi connectivity index (χ0v) is 7.57. The van der Waals surface area contributed by atoms with Crippen LogP contribution in [0.3, 0.4) is 0 Å². The second-order valence-corrected chi connectivity index (χ2v) is 2.82. The molecule has 2 heterocycles. The van der Waals surface area contributed by atoms with Gasteiger partial charge in [0.05, 0.1) is 6.26 Å². The van der Waals surface area contributed by atoms with Gasteiger partial charge in [-0.1, -0.05) is 12.1 Å². The summed E-state index contributed by atoms with van der Waals surface area (Å²) >= 11 is 0. The Balaban J connectivity index is 2.35. The minimum absolute atomic E-state index is 0.442. The molecule has 0 bridgehead atoms. The molecular weight excluding hydrogens is 168 g/mol. The maximum atomic E-state index is 5.26. The minimum Gasteiger partial charge on any atom is -0.459 e. The number of furan rings is 1. The van der Waals surface area contributed by atoms with Crippen LogP contribution in [-0.2, 0) is 6.42 Å². The lowest BCUT2D eigenvalue weighted by Crippen LogP contribution is -1.74. The molecule has 0 spiro atoms. The van der Waals surface area contributed by atoms with E-state index in [1.54, 1.807) is 13.2 Å². The van der Waals surface area contributed by atoms with Gasteiger partial charge in [0.15, 0.2) is 11.6 Å². The predicted octanol–water partition coefficient (Wildman–Crippen LogP) is 2.20. The molecule has 0 fully saturated rings. The van der Waals surface area contributed by atoms with E-state index in [0.29, 0.717) is 17.5 Å². The van der Waals surface area contributed by atoms with E-state index in [4.69, 9.17) is 8.94 Å². The maximum Gasteiger partial charge on any atom is 0.293 e. The second-order valence-electron chi connectivity index (χ2n) is 2.82. The van der Waals surface area contributed by atoms with Gasteiger partial charge in [0.1, 0.15) is 0 Å². The maximum absolute atomic E-state index is 5.26. The lowest BCUT2D eigenvalue weighted by molar-refractivity contribution is 0.411. The van der Waals surface area contributed by atoms with Crippen molar-refractivity contribution in [3.63, 3.8) is 0 Å². The highest BCUT2D eigenvalue weighted by Gasteiger charge is 2.10. The Morgan fingerprint density at radius 2 is 2.31 bits per heavy atom. The molecular formula is C9H10N2O2. The van der Waals surface area contributed by atoms with Crippen molar-refractivity contribution < 1.29 is 8.94 Å². The quantitative estimate of drug-likeness (QED) is 0.707. The predicted molar refractivity (Wildman–Crippen MR) is 46.1 cm³/mol. The molecule has 4 heteroatoms. The van der Waals surface area contributed by atoms with E-state index in [9.17, 15) is 0 Å². The Kier molecular flexibility index (Phi) is 1.88. The Morgan fingerprint density at radius 1 is 1.46 bits per heavy atom.